The van der Waals surface area contributed by atoms with Crippen molar-refractivity contribution in [3.05, 3.63) is 16.6 Å². The van der Waals surface area contributed by atoms with Crippen molar-refractivity contribution in [2.75, 3.05) is 13.2 Å². The number of fused-ring (bicyclic) bond motifs is 1. The van der Waals surface area contributed by atoms with Gasteiger partial charge in [0.05, 0.1) is 12.3 Å². The fraction of sp³-hybridized carbons (Fsp3) is 0.562. The van der Waals surface area contributed by atoms with E-state index in [2.05, 4.69) is 5.10 Å². The van der Waals surface area contributed by atoms with Gasteiger partial charge in [0.2, 0.25) is 5.91 Å². The minimum absolute atomic E-state index is 0.129. The molecule has 1 saturated carbocycles. The van der Waals surface area contributed by atoms with Gasteiger partial charge < -0.3 is 9.64 Å². The molecular formula is C16H19N3O3S. The largest absolute Gasteiger partial charge is 0.461 e. The fourth-order valence-corrected chi connectivity index (χ4v) is 4.25. The molecule has 0 radical (unpaired) electrons. The van der Waals surface area contributed by atoms with E-state index in [4.69, 9.17) is 4.74 Å². The van der Waals surface area contributed by atoms with E-state index in [1.54, 1.807) is 4.68 Å². The molecule has 4 rings (SSSR count). The van der Waals surface area contributed by atoms with E-state index in [1.807, 2.05) is 24.9 Å². The maximum Gasteiger partial charge on any atom is 0.348 e. The average Bonchev–Trinajstić information content (AvgIpc) is 3.03. The van der Waals surface area contributed by atoms with Crippen LogP contribution < -0.4 is 0 Å². The second-order valence-corrected chi connectivity index (χ2v) is 7.52. The van der Waals surface area contributed by atoms with Gasteiger partial charge in [-0.05, 0) is 25.8 Å². The molecule has 1 aliphatic carbocycles. The Morgan fingerprint density at radius 2 is 2.26 bits per heavy atom. The molecule has 1 aliphatic heterocycles. The van der Waals surface area contributed by atoms with E-state index in [-0.39, 0.29) is 17.8 Å². The zero-order valence-electron chi connectivity index (χ0n) is 13.2. The van der Waals surface area contributed by atoms with Gasteiger partial charge in [-0.1, -0.05) is 0 Å². The molecule has 23 heavy (non-hydrogen) atoms. The van der Waals surface area contributed by atoms with Gasteiger partial charge in [0.1, 0.15) is 9.71 Å². The van der Waals surface area contributed by atoms with E-state index in [9.17, 15) is 9.59 Å². The second-order valence-electron chi connectivity index (χ2n) is 6.48. The molecule has 0 aromatic carbocycles. The Labute approximate surface area is 138 Å². The van der Waals surface area contributed by atoms with Crippen molar-refractivity contribution in [2.24, 2.45) is 13.0 Å². The van der Waals surface area contributed by atoms with Crippen LogP contribution in [0.25, 0.3) is 10.2 Å². The lowest BCUT2D eigenvalue weighted by molar-refractivity contribution is -0.128. The Balaban J connectivity index is 1.39. The number of aryl methyl sites for hydroxylation is 2. The zero-order valence-corrected chi connectivity index (χ0v) is 14.1. The SMILES string of the molecule is Cc1nn(C)c2sc(C(=O)OC[C@H]3CC(=O)N(C4CC4)C3)cc12. The molecule has 122 valence electrons. The van der Waals surface area contributed by atoms with Crippen LogP contribution in [-0.2, 0) is 16.6 Å². The molecule has 2 fully saturated rings. The number of rotatable bonds is 4. The van der Waals surface area contributed by atoms with Crippen molar-refractivity contribution in [3.63, 3.8) is 0 Å². The molecule has 3 heterocycles. The molecule has 1 atom stereocenters. The van der Waals surface area contributed by atoms with Crippen LogP contribution >= 0.6 is 11.3 Å². The van der Waals surface area contributed by atoms with E-state index >= 15 is 0 Å². The molecule has 1 saturated heterocycles. The number of likely N-dealkylation sites (tertiary alicyclic amines) is 1. The number of nitrogens with zero attached hydrogens (tertiary/aromatic N) is 3. The summed E-state index contributed by atoms with van der Waals surface area (Å²) in [5.41, 5.74) is 0.916. The number of carbonyl (C=O) groups is 2. The Morgan fingerprint density at radius 1 is 1.48 bits per heavy atom. The number of hydrogen-bond donors (Lipinski definition) is 0. The Bertz CT molecular complexity index is 755. The summed E-state index contributed by atoms with van der Waals surface area (Å²) in [7, 11) is 1.87. The summed E-state index contributed by atoms with van der Waals surface area (Å²) >= 11 is 1.40. The van der Waals surface area contributed by atoms with Gasteiger partial charge >= 0.3 is 5.97 Å². The van der Waals surface area contributed by atoms with Crippen LogP contribution in [0.2, 0.25) is 0 Å². The zero-order chi connectivity index (χ0) is 16.1. The molecule has 2 aromatic heterocycles. The average molecular weight is 333 g/mol. The van der Waals surface area contributed by atoms with Crippen molar-refractivity contribution in [3.8, 4) is 0 Å². The summed E-state index contributed by atoms with van der Waals surface area (Å²) < 4.78 is 7.24. The Kier molecular flexibility index (Phi) is 3.41. The molecular weight excluding hydrogens is 314 g/mol. The van der Waals surface area contributed by atoms with Crippen LogP contribution in [0.4, 0.5) is 0 Å². The van der Waals surface area contributed by atoms with E-state index in [0.29, 0.717) is 23.9 Å². The highest BCUT2D eigenvalue weighted by Gasteiger charge is 2.39. The van der Waals surface area contributed by atoms with E-state index in [1.165, 1.54) is 11.3 Å². The van der Waals surface area contributed by atoms with Crippen LogP contribution in [0.5, 0.6) is 0 Å². The lowest BCUT2D eigenvalue weighted by atomic mass is 10.1. The number of hydrogen-bond acceptors (Lipinski definition) is 5. The normalized spacial score (nSPS) is 21.4. The third-order valence-electron chi connectivity index (χ3n) is 4.57. The topological polar surface area (TPSA) is 64.4 Å². The van der Waals surface area contributed by atoms with Crippen molar-refractivity contribution < 1.29 is 14.3 Å². The first kappa shape index (κ1) is 14.7. The smallest absolute Gasteiger partial charge is 0.348 e. The van der Waals surface area contributed by atoms with Gasteiger partial charge in [-0.3, -0.25) is 9.48 Å². The third-order valence-corrected chi connectivity index (χ3v) is 5.76. The second kappa shape index (κ2) is 5.33. The molecule has 0 spiro atoms. The quantitative estimate of drug-likeness (QED) is 0.804. The highest BCUT2D eigenvalue weighted by atomic mass is 32.1. The van der Waals surface area contributed by atoms with Crippen LogP contribution in [0.1, 0.15) is 34.6 Å². The van der Waals surface area contributed by atoms with Gasteiger partial charge in [-0.2, -0.15) is 5.10 Å². The maximum atomic E-state index is 12.3. The van der Waals surface area contributed by atoms with Gasteiger partial charge in [0.25, 0.3) is 0 Å². The van der Waals surface area contributed by atoms with Gasteiger partial charge in [0, 0.05) is 37.4 Å². The van der Waals surface area contributed by atoms with Crippen molar-refractivity contribution >= 4 is 33.4 Å². The Morgan fingerprint density at radius 3 is 2.96 bits per heavy atom. The van der Waals surface area contributed by atoms with Crippen LogP contribution in [-0.4, -0.2) is 45.8 Å². The third kappa shape index (κ3) is 2.63. The highest BCUT2D eigenvalue weighted by molar-refractivity contribution is 7.20. The predicted molar refractivity (Wildman–Crippen MR) is 86.5 cm³/mol. The lowest BCUT2D eigenvalue weighted by Crippen LogP contribution is -2.27. The molecule has 0 bridgehead atoms. The lowest BCUT2D eigenvalue weighted by Gasteiger charge is -2.15. The van der Waals surface area contributed by atoms with E-state index < -0.39 is 0 Å². The standard InChI is InChI=1S/C16H19N3O3S/c1-9-12-6-13(23-15(12)18(2)17-9)16(21)22-8-10-5-14(20)19(7-10)11-3-4-11/h6,10-11H,3-5,7-8H2,1-2H3/t10-/m0/s1. The number of aromatic nitrogens is 2. The summed E-state index contributed by atoms with van der Waals surface area (Å²) in [4.78, 5) is 27.7. The number of esters is 1. The summed E-state index contributed by atoms with van der Waals surface area (Å²) in [5.74, 6) is 0.0323. The highest BCUT2D eigenvalue weighted by Crippen LogP contribution is 2.33. The molecule has 1 amide bonds. The summed E-state index contributed by atoms with van der Waals surface area (Å²) in [6.45, 7) is 2.98. The first-order chi connectivity index (χ1) is 11.0. The van der Waals surface area contributed by atoms with Crippen molar-refractivity contribution in [2.45, 2.75) is 32.2 Å². The van der Waals surface area contributed by atoms with Crippen LogP contribution in [0.15, 0.2) is 6.07 Å². The van der Waals surface area contributed by atoms with Crippen molar-refractivity contribution in [1.29, 1.82) is 0 Å². The number of ether oxygens (including phenoxy) is 1. The minimum atomic E-state index is -0.303. The molecule has 0 N–H and O–H groups in total. The maximum absolute atomic E-state index is 12.3. The molecule has 0 unspecified atom stereocenters. The number of thiophene rings is 1. The molecule has 2 aliphatic rings. The summed E-state index contributed by atoms with van der Waals surface area (Å²) in [5, 5.41) is 5.33. The minimum Gasteiger partial charge on any atom is -0.461 e. The Hall–Kier alpha value is -1.89. The van der Waals surface area contributed by atoms with Crippen molar-refractivity contribution in [1.82, 2.24) is 14.7 Å². The summed E-state index contributed by atoms with van der Waals surface area (Å²) in [6.07, 6.45) is 2.74. The van der Waals surface area contributed by atoms with Crippen LogP contribution in [0, 0.1) is 12.8 Å². The molecule has 6 nitrogen and oxygen atoms in total. The van der Waals surface area contributed by atoms with Gasteiger partial charge in [-0.15, -0.1) is 11.3 Å². The number of amides is 1. The first-order valence-corrected chi connectivity index (χ1v) is 8.74. The number of carbonyl (C=O) groups excluding carboxylic acids is 2. The monoisotopic (exact) mass is 333 g/mol. The predicted octanol–water partition coefficient (Wildman–Crippen LogP) is 2.11. The fourth-order valence-electron chi connectivity index (χ4n) is 3.23. The molecule has 7 heteroatoms. The van der Waals surface area contributed by atoms with E-state index in [0.717, 1.165) is 35.3 Å². The summed E-state index contributed by atoms with van der Waals surface area (Å²) in [6, 6.07) is 2.29. The molecule has 2 aromatic rings. The van der Waals surface area contributed by atoms with Gasteiger partial charge in [0.15, 0.2) is 0 Å². The first-order valence-electron chi connectivity index (χ1n) is 7.92. The van der Waals surface area contributed by atoms with Gasteiger partial charge in [-0.25, -0.2) is 4.79 Å². The van der Waals surface area contributed by atoms with Crippen LogP contribution in [0.3, 0.4) is 0 Å².